The summed E-state index contributed by atoms with van der Waals surface area (Å²) >= 11 is 0. The second-order valence-corrected chi connectivity index (χ2v) is 15.3. The molecular formula is C53H40N8. The molecule has 0 saturated carbocycles. The average molecular weight is 789 g/mol. The van der Waals surface area contributed by atoms with Gasteiger partial charge < -0.3 is 25.2 Å². The van der Waals surface area contributed by atoms with Gasteiger partial charge in [-0.15, -0.1) is 0 Å². The summed E-state index contributed by atoms with van der Waals surface area (Å²) < 4.78 is 7.04. The number of nitrogens with two attached hydrogens (primary N) is 2. The first-order valence-corrected chi connectivity index (χ1v) is 20.5. The molecule has 3 heterocycles. The highest BCUT2D eigenvalue weighted by Gasteiger charge is 2.22. The van der Waals surface area contributed by atoms with Gasteiger partial charge in [0.1, 0.15) is 11.7 Å². The third-order valence-electron chi connectivity index (χ3n) is 11.7. The Morgan fingerprint density at radius 2 is 0.836 bits per heavy atom. The van der Waals surface area contributed by atoms with Crippen molar-refractivity contribution in [2.75, 3.05) is 6.54 Å². The van der Waals surface area contributed by atoms with Crippen molar-refractivity contribution in [3.8, 4) is 17.1 Å². The average Bonchev–Trinajstić information content (AvgIpc) is 3.92. The van der Waals surface area contributed by atoms with Gasteiger partial charge in [-0.3, -0.25) is 10.4 Å². The molecule has 0 amide bonds. The largest absolute Gasteiger partial charge is 0.384 e. The van der Waals surface area contributed by atoms with E-state index < -0.39 is 0 Å². The first kappa shape index (κ1) is 35.9. The van der Waals surface area contributed by atoms with Crippen molar-refractivity contribution in [1.29, 1.82) is 5.41 Å². The Hall–Kier alpha value is -8.23. The summed E-state index contributed by atoms with van der Waals surface area (Å²) in [4.78, 5) is 9.54. The predicted molar refractivity (Wildman–Crippen MR) is 255 cm³/mol. The van der Waals surface area contributed by atoms with Crippen LogP contribution in [0.3, 0.4) is 0 Å². The number of nitrogens with zero attached hydrogens (tertiary/aromatic N) is 5. The molecule has 0 saturated heterocycles. The lowest BCUT2D eigenvalue weighted by Gasteiger charge is -2.11. The molecule has 0 unspecified atom stereocenters. The third-order valence-corrected chi connectivity index (χ3v) is 11.7. The monoisotopic (exact) mass is 788 g/mol. The number of aromatic nitrogens is 3. The lowest BCUT2D eigenvalue weighted by atomic mass is 10.1. The van der Waals surface area contributed by atoms with E-state index in [4.69, 9.17) is 21.9 Å². The lowest BCUT2D eigenvalue weighted by molar-refractivity contribution is 1.12. The summed E-state index contributed by atoms with van der Waals surface area (Å²) in [5.41, 5.74) is 24.8. The SMILES string of the molecule is CC/N=C(\N=C(/N)c1cccc(-n2c3ccccc3c3cc4c(cc32)c2cc3c(cc2n4-c2ccccc2)c2ccccc2n3-c2cccc(C(=N)N)c2)c1)c1ccccc1. The van der Waals surface area contributed by atoms with Crippen LogP contribution in [0.1, 0.15) is 23.6 Å². The first-order valence-electron chi connectivity index (χ1n) is 20.5. The Morgan fingerprint density at radius 1 is 0.426 bits per heavy atom. The number of aliphatic imine (C=N–C) groups is 2. The van der Waals surface area contributed by atoms with Crippen molar-refractivity contribution in [1.82, 2.24) is 13.7 Å². The van der Waals surface area contributed by atoms with Gasteiger partial charge in [-0.25, -0.2) is 4.99 Å². The molecule has 3 aromatic heterocycles. The Bertz CT molecular complexity index is 3600. The van der Waals surface area contributed by atoms with Gasteiger partial charge in [0, 0.05) is 72.6 Å². The minimum Gasteiger partial charge on any atom is -0.384 e. The number of amidine groups is 3. The molecule has 0 bridgehead atoms. The maximum atomic E-state index is 8.21. The normalized spacial score (nSPS) is 12.5. The maximum absolute atomic E-state index is 8.21. The van der Waals surface area contributed by atoms with Crippen LogP contribution < -0.4 is 11.5 Å². The molecule has 8 nitrogen and oxygen atoms in total. The summed E-state index contributed by atoms with van der Waals surface area (Å²) in [5.74, 6) is 1.05. The fourth-order valence-corrected chi connectivity index (χ4v) is 9.07. The molecule has 0 spiro atoms. The van der Waals surface area contributed by atoms with E-state index >= 15 is 0 Å². The smallest absolute Gasteiger partial charge is 0.156 e. The second-order valence-electron chi connectivity index (χ2n) is 15.3. The van der Waals surface area contributed by atoms with E-state index in [1.165, 1.54) is 0 Å². The Morgan fingerprint density at radius 3 is 1.36 bits per heavy atom. The number of hydrogen-bond donors (Lipinski definition) is 3. The van der Waals surface area contributed by atoms with Crippen LogP contribution in [0.2, 0.25) is 0 Å². The summed E-state index contributed by atoms with van der Waals surface area (Å²) in [6.45, 7) is 2.60. The van der Waals surface area contributed by atoms with Gasteiger partial charge >= 0.3 is 0 Å². The number of para-hydroxylation sites is 3. The maximum Gasteiger partial charge on any atom is 0.156 e. The zero-order valence-corrected chi connectivity index (χ0v) is 33.4. The lowest BCUT2D eigenvalue weighted by Crippen LogP contribution is -2.17. The summed E-state index contributed by atoms with van der Waals surface area (Å²) in [5, 5.41) is 15.1. The number of fused-ring (bicyclic) bond motifs is 9. The molecule has 11 aromatic rings. The minimum absolute atomic E-state index is 0.0399. The molecule has 11 rings (SSSR count). The molecule has 61 heavy (non-hydrogen) atoms. The summed E-state index contributed by atoms with van der Waals surface area (Å²) in [7, 11) is 0. The van der Waals surface area contributed by atoms with Crippen molar-refractivity contribution in [3.63, 3.8) is 0 Å². The Balaban J connectivity index is 1.19. The quantitative estimate of drug-likeness (QED) is 0.110. The van der Waals surface area contributed by atoms with Crippen LogP contribution in [-0.4, -0.2) is 37.8 Å². The van der Waals surface area contributed by atoms with Gasteiger partial charge in [0.15, 0.2) is 5.84 Å². The van der Waals surface area contributed by atoms with E-state index in [0.29, 0.717) is 23.8 Å². The summed E-state index contributed by atoms with van der Waals surface area (Å²) in [6.07, 6.45) is 0. The van der Waals surface area contributed by atoms with Crippen LogP contribution >= 0.6 is 0 Å². The fraction of sp³-hybridized carbons (Fsp3) is 0.0377. The predicted octanol–water partition coefficient (Wildman–Crippen LogP) is 11.4. The minimum atomic E-state index is 0.0399. The van der Waals surface area contributed by atoms with Crippen molar-refractivity contribution in [3.05, 3.63) is 199 Å². The highest BCUT2D eigenvalue weighted by Crippen LogP contribution is 2.43. The molecule has 0 aliphatic rings. The zero-order chi connectivity index (χ0) is 41.2. The second kappa shape index (κ2) is 14.2. The number of hydrogen-bond acceptors (Lipinski definition) is 2. The van der Waals surface area contributed by atoms with E-state index in [2.05, 4.69) is 140 Å². The van der Waals surface area contributed by atoms with Crippen LogP contribution in [-0.2, 0) is 0 Å². The van der Waals surface area contributed by atoms with Crippen molar-refractivity contribution in [2.24, 2.45) is 21.5 Å². The van der Waals surface area contributed by atoms with Crippen LogP contribution in [0.15, 0.2) is 192 Å². The highest BCUT2D eigenvalue weighted by atomic mass is 15.0. The zero-order valence-electron chi connectivity index (χ0n) is 33.4. The van der Waals surface area contributed by atoms with Gasteiger partial charge in [0.05, 0.1) is 33.1 Å². The fourth-order valence-electron chi connectivity index (χ4n) is 9.07. The van der Waals surface area contributed by atoms with Crippen LogP contribution in [0, 0.1) is 5.41 Å². The van der Waals surface area contributed by atoms with Crippen molar-refractivity contribution >= 4 is 82.9 Å². The molecule has 0 fully saturated rings. The summed E-state index contributed by atoms with van der Waals surface area (Å²) in [6, 6.07) is 63.4. The molecule has 0 aliphatic heterocycles. The van der Waals surface area contributed by atoms with Crippen molar-refractivity contribution < 1.29 is 0 Å². The molecule has 292 valence electrons. The van der Waals surface area contributed by atoms with Crippen LogP contribution in [0.5, 0.6) is 0 Å². The number of benzene rings is 8. The van der Waals surface area contributed by atoms with Gasteiger partial charge in [-0.1, -0.05) is 109 Å². The Labute approximate surface area is 351 Å². The van der Waals surface area contributed by atoms with Crippen molar-refractivity contribution in [2.45, 2.75) is 6.92 Å². The van der Waals surface area contributed by atoms with Gasteiger partial charge in [-0.2, -0.15) is 0 Å². The van der Waals surface area contributed by atoms with Gasteiger partial charge in [-0.05, 0) is 79.7 Å². The van der Waals surface area contributed by atoms with E-state index in [-0.39, 0.29) is 5.84 Å². The first-order chi connectivity index (χ1) is 30.0. The van der Waals surface area contributed by atoms with Gasteiger partial charge in [0.25, 0.3) is 0 Å². The van der Waals surface area contributed by atoms with E-state index in [9.17, 15) is 0 Å². The molecule has 8 aromatic carbocycles. The third kappa shape index (κ3) is 5.79. The topological polar surface area (TPSA) is 115 Å². The molecule has 5 N–H and O–H groups in total. The number of nitrogens with one attached hydrogen (secondary N) is 1. The van der Waals surface area contributed by atoms with E-state index in [1.807, 2.05) is 67.6 Å². The molecule has 0 atom stereocenters. The molecule has 8 heteroatoms. The van der Waals surface area contributed by atoms with Gasteiger partial charge in [0.2, 0.25) is 0 Å². The van der Waals surface area contributed by atoms with Crippen LogP contribution in [0.4, 0.5) is 0 Å². The molecule has 0 radical (unpaired) electrons. The number of nitrogen functional groups attached to an aromatic ring is 1. The van der Waals surface area contributed by atoms with E-state index in [1.54, 1.807) is 0 Å². The Kier molecular flexibility index (Phi) is 8.39. The standard InChI is InChI=1S/C53H40N8/c1-2-57-53(33-15-5-3-6-16-33)58-52(56)35-18-14-22-38(28-35)61-46-26-12-10-24-40(46)42-30-50-44(32-48(42)61)43-31-47-41(29-49(43)59(50)36-19-7-4-8-20-36)39-23-9-11-25-45(39)60(47)37-21-13-17-34(27-37)51(54)55/h3-32H,2H2,1H3,(H3,54,55)(H2,56,57,58). The number of rotatable bonds is 7. The van der Waals surface area contributed by atoms with Crippen LogP contribution in [0.25, 0.3) is 82.5 Å². The highest BCUT2D eigenvalue weighted by molar-refractivity contribution is 6.23. The molecular weight excluding hydrogens is 749 g/mol. The molecule has 0 aliphatic carbocycles. The van der Waals surface area contributed by atoms with E-state index in [0.717, 1.165) is 93.6 Å².